The molecule has 1 heterocycles. The molecule has 0 atom stereocenters. The van der Waals surface area contributed by atoms with Gasteiger partial charge < -0.3 is 14.4 Å². The van der Waals surface area contributed by atoms with Gasteiger partial charge in [0.25, 0.3) is 0 Å². The molecule has 0 saturated heterocycles. The standard InChI is InChI=1S/C22H21N3O2S/c1-25(2)18-8-5-15(6-9-18)11-17(13-23)22-24-19(14-28-22)16-7-10-20(26-3)21(12-16)27-4/h5-12,14H,1-4H3/b17-11-. The van der Waals surface area contributed by atoms with Crippen LogP contribution in [0.15, 0.2) is 47.8 Å². The van der Waals surface area contributed by atoms with Gasteiger partial charge in [-0.25, -0.2) is 4.98 Å². The summed E-state index contributed by atoms with van der Waals surface area (Å²) in [5, 5.41) is 12.2. The van der Waals surface area contributed by atoms with Crippen molar-refractivity contribution in [2.45, 2.75) is 0 Å². The van der Waals surface area contributed by atoms with E-state index in [9.17, 15) is 5.26 Å². The highest BCUT2D eigenvalue weighted by molar-refractivity contribution is 7.11. The van der Waals surface area contributed by atoms with Crippen molar-refractivity contribution in [3.63, 3.8) is 0 Å². The molecule has 0 fully saturated rings. The number of hydrogen-bond donors (Lipinski definition) is 0. The van der Waals surface area contributed by atoms with Crippen molar-refractivity contribution >= 4 is 28.7 Å². The molecule has 0 amide bonds. The maximum atomic E-state index is 9.62. The van der Waals surface area contributed by atoms with E-state index in [0.29, 0.717) is 22.1 Å². The lowest BCUT2D eigenvalue weighted by Crippen LogP contribution is -2.07. The van der Waals surface area contributed by atoms with E-state index in [4.69, 9.17) is 9.47 Å². The molecule has 0 aliphatic rings. The largest absolute Gasteiger partial charge is 0.493 e. The highest BCUT2D eigenvalue weighted by atomic mass is 32.1. The van der Waals surface area contributed by atoms with Gasteiger partial charge in [-0.05, 0) is 42.0 Å². The molecular weight excluding hydrogens is 370 g/mol. The van der Waals surface area contributed by atoms with E-state index in [1.807, 2.05) is 72.9 Å². The molecule has 6 heteroatoms. The molecule has 142 valence electrons. The second-order valence-electron chi connectivity index (χ2n) is 6.26. The SMILES string of the molecule is COc1ccc(-c2csc(/C(C#N)=C\c3ccc(N(C)C)cc3)n2)cc1OC. The molecule has 2 aromatic carbocycles. The van der Waals surface area contributed by atoms with Gasteiger partial charge in [-0.1, -0.05) is 12.1 Å². The number of thiazole rings is 1. The Bertz CT molecular complexity index is 1030. The van der Waals surface area contributed by atoms with Crippen LogP contribution in [0, 0.1) is 11.3 Å². The lowest BCUT2D eigenvalue weighted by Gasteiger charge is -2.11. The zero-order valence-electron chi connectivity index (χ0n) is 16.3. The quantitative estimate of drug-likeness (QED) is 0.556. The van der Waals surface area contributed by atoms with Gasteiger partial charge in [-0.15, -0.1) is 11.3 Å². The Hall–Kier alpha value is -3.30. The van der Waals surface area contributed by atoms with E-state index in [1.165, 1.54) is 11.3 Å². The first-order valence-electron chi connectivity index (χ1n) is 8.63. The molecule has 0 bridgehead atoms. The van der Waals surface area contributed by atoms with Gasteiger partial charge in [-0.3, -0.25) is 0 Å². The lowest BCUT2D eigenvalue weighted by atomic mass is 10.1. The summed E-state index contributed by atoms with van der Waals surface area (Å²) >= 11 is 1.45. The van der Waals surface area contributed by atoms with Crippen LogP contribution in [0.4, 0.5) is 5.69 Å². The van der Waals surface area contributed by atoms with Crippen molar-refractivity contribution in [1.82, 2.24) is 4.98 Å². The number of nitriles is 1. The predicted molar refractivity (Wildman–Crippen MR) is 115 cm³/mol. The van der Waals surface area contributed by atoms with Crippen LogP contribution in [-0.4, -0.2) is 33.3 Å². The fourth-order valence-corrected chi connectivity index (χ4v) is 3.50. The van der Waals surface area contributed by atoms with E-state index in [1.54, 1.807) is 14.2 Å². The third-order valence-electron chi connectivity index (χ3n) is 4.25. The minimum Gasteiger partial charge on any atom is -0.493 e. The van der Waals surface area contributed by atoms with Gasteiger partial charge in [-0.2, -0.15) is 5.26 Å². The smallest absolute Gasteiger partial charge is 0.161 e. The average Bonchev–Trinajstić information content (AvgIpc) is 3.21. The number of allylic oxidation sites excluding steroid dienone is 1. The van der Waals surface area contributed by atoms with Crippen molar-refractivity contribution in [2.24, 2.45) is 0 Å². The predicted octanol–water partition coefficient (Wildman–Crippen LogP) is 4.96. The monoisotopic (exact) mass is 391 g/mol. The molecule has 0 N–H and O–H groups in total. The summed E-state index contributed by atoms with van der Waals surface area (Å²) in [4.78, 5) is 6.68. The lowest BCUT2D eigenvalue weighted by molar-refractivity contribution is 0.355. The number of aromatic nitrogens is 1. The molecule has 0 spiro atoms. The molecule has 1 aromatic heterocycles. The van der Waals surface area contributed by atoms with E-state index in [0.717, 1.165) is 22.5 Å². The van der Waals surface area contributed by atoms with Gasteiger partial charge in [0.15, 0.2) is 11.5 Å². The molecule has 0 radical (unpaired) electrons. The summed E-state index contributed by atoms with van der Waals surface area (Å²) in [6, 6.07) is 16.0. The zero-order chi connectivity index (χ0) is 20.1. The average molecular weight is 391 g/mol. The zero-order valence-corrected chi connectivity index (χ0v) is 17.1. The number of rotatable bonds is 6. The Morgan fingerprint density at radius 1 is 1.07 bits per heavy atom. The normalized spacial score (nSPS) is 11.0. The van der Waals surface area contributed by atoms with Crippen LogP contribution < -0.4 is 14.4 Å². The molecule has 3 aromatic rings. The fraction of sp³-hybridized carbons (Fsp3) is 0.182. The number of methoxy groups -OCH3 is 2. The van der Waals surface area contributed by atoms with Crippen molar-refractivity contribution in [3.8, 4) is 28.8 Å². The molecular formula is C22H21N3O2S. The highest BCUT2D eigenvalue weighted by Gasteiger charge is 2.12. The number of benzene rings is 2. The highest BCUT2D eigenvalue weighted by Crippen LogP contribution is 2.34. The van der Waals surface area contributed by atoms with Gasteiger partial charge in [0, 0.05) is 30.7 Å². The van der Waals surface area contributed by atoms with Crippen LogP contribution >= 0.6 is 11.3 Å². The van der Waals surface area contributed by atoms with Crippen molar-refractivity contribution in [2.75, 3.05) is 33.2 Å². The van der Waals surface area contributed by atoms with Crippen LogP contribution in [0.2, 0.25) is 0 Å². The van der Waals surface area contributed by atoms with Crippen molar-refractivity contribution in [3.05, 3.63) is 58.4 Å². The Morgan fingerprint density at radius 2 is 1.79 bits per heavy atom. The molecule has 3 rings (SSSR count). The summed E-state index contributed by atoms with van der Waals surface area (Å²) in [7, 11) is 7.20. The number of nitrogens with zero attached hydrogens (tertiary/aromatic N) is 3. The van der Waals surface area contributed by atoms with Crippen LogP contribution in [0.1, 0.15) is 10.6 Å². The summed E-state index contributed by atoms with van der Waals surface area (Å²) in [5.74, 6) is 1.31. The van der Waals surface area contributed by atoms with Crippen LogP contribution in [-0.2, 0) is 0 Å². The number of anilines is 1. The van der Waals surface area contributed by atoms with E-state index >= 15 is 0 Å². The Labute approximate surface area is 169 Å². The summed E-state index contributed by atoms with van der Waals surface area (Å²) in [6.07, 6.45) is 1.86. The van der Waals surface area contributed by atoms with Crippen LogP contribution in [0.5, 0.6) is 11.5 Å². The first-order chi connectivity index (χ1) is 13.5. The second kappa shape index (κ2) is 8.59. The third kappa shape index (κ3) is 4.16. The summed E-state index contributed by atoms with van der Waals surface area (Å²) < 4.78 is 10.6. The van der Waals surface area contributed by atoms with Crippen molar-refractivity contribution in [1.29, 1.82) is 5.26 Å². The fourth-order valence-electron chi connectivity index (χ4n) is 2.70. The molecule has 5 nitrogen and oxygen atoms in total. The molecule has 0 unspecified atom stereocenters. The first kappa shape index (κ1) is 19.5. The van der Waals surface area contributed by atoms with E-state index in [2.05, 4.69) is 11.1 Å². The van der Waals surface area contributed by atoms with Gasteiger partial charge >= 0.3 is 0 Å². The molecule has 0 aliphatic heterocycles. The molecule has 28 heavy (non-hydrogen) atoms. The second-order valence-corrected chi connectivity index (χ2v) is 7.12. The van der Waals surface area contributed by atoms with Crippen LogP contribution in [0.3, 0.4) is 0 Å². The van der Waals surface area contributed by atoms with Crippen molar-refractivity contribution < 1.29 is 9.47 Å². The van der Waals surface area contributed by atoms with E-state index in [-0.39, 0.29) is 0 Å². The topological polar surface area (TPSA) is 58.4 Å². The van der Waals surface area contributed by atoms with E-state index < -0.39 is 0 Å². The number of hydrogen-bond acceptors (Lipinski definition) is 6. The Balaban J connectivity index is 1.90. The Kier molecular flexibility index (Phi) is 5.97. The minimum absolute atomic E-state index is 0.536. The first-order valence-corrected chi connectivity index (χ1v) is 9.51. The Morgan fingerprint density at radius 3 is 2.39 bits per heavy atom. The maximum Gasteiger partial charge on any atom is 0.161 e. The van der Waals surface area contributed by atoms with Gasteiger partial charge in [0.1, 0.15) is 11.1 Å². The van der Waals surface area contributed by atoms with Gasteiger partial charge in [0.2, 0.25) is 0 Å². The molecule has 0 aliphatic carbocycles. The summed E-state index contributed by atoms with van der Waals surface area (Å²) in [6.45, 7) is 0. The number of ether oxygens (including phenoxy) is 2. The maximum absolute atomic E-state index is 9.62. The van der Waals surface area contributed by atoms with Gasteiger partial charge in [0.05, 0.1) is 25.5 Å². The summed E-state index contributed by atoms with van der Waals surface area (Å²) in [5.41, 5.74) is 4.32. The third-order valence-corrected chi connectivity index (χ3v) is 5.13. The molecule has 0 saturated carbocycles. The minimum atomic E-state index is 0.536. The van der Waals surface area contributed by atoms with Crippen LogP contribution in [0.25, 0.3) is 22.9 Å².